The first-order chi connectivity index (χ1) is 16.0. The molecule has 0 radical (unpaired) electrons. The fraction of sp³-hybridized carbons (Fsp3) is 0.852. The van der Waals surface area contributed by atoms with Gasteiger partial charge in [0, 0.05) is 32.2 Å². The lowest BCUT2D eigenvalue weighted by Gasteiger charge is -2.22. The highest BCUT2D eigenvalue weighted by atomic mass is 16.5. The van der Waals surface area contributed by atoms with Crippen molar-refractivity contribution in [3.05, 3.63) is 12.2 Å². The number of unbranched alkanes of at least 4 members (excludes halogenated alkanes) is 5. The van der Waals surface area contributed by atoms with E-state index in [4.69, 9.17) is 14.2 Å². The first-order valence-electron chi connectivity index (χ1n) is 13.1. The van der Waals surface area contributed by atoms with E-state index >= 15 is 0 Å². The zero-order valence-electron chi connectivity index (χ0n) is 21.3. The predicted octanol–water partition coefficient (Wildman–Crippen LogP) is 5.12. The minimum absolute atomic E-state index is 0.0364. The Bertz CT molecular complexity index is 545. The molecule has 1 fully saturated rings. The van der Waals surface area contributed by atoms with Crippen molar-refractivity contribution < 1.29 is 28.9 Å². The number of carbonyl (C=O) groups excluding carboxylic acids is 2. The number of hydrogen-bond donors (Lipinski definition) is 1. The van der Waals surface area contributed by atoms with Crippen molar-refractivity contribution in [2.45, 2.75) is 85.0 Å². The van der Waals surface area contributed by atoms with E-state index < -0.39 is 0 Å². The van der Waals surface area contributed by atoms with Gasteiger partial charge in [-0.1, -0.05) is 58.6 Å². The van der Waals surface area contributed by atoms with Crippen LogP contribution in [0.2, 0.25) is 0 Å². The number of ketones is 1. The molecule has 0 heterocycles. The van der Waals surface area contributed by atoms with Crippen LogP contribution in [0, 0.1) is 23.7 Å². The van der Waals surface area contributed by atoms with Crippen LogP contribution in [0.4, 0.5) is 0 Å². The summed E-state index contributed by atoms with van der Waals surface area (Å²) >= 11 is 0. The number of allylic oxidation sites excluding steroid dienone is 2. The van der Waals surface area contributed by atoms with Crippen LogP contribution in [0.25, 0.3) is 0 Å². The zero-order valence-corrected chi connectivity index (χ0v) is 21.3. The Morgan fingerprint density at radius 3 is 2.42 bits per heavy atom. The molecule has 0 bridgehead atoms. The Hall–Kier alpha value is -1.24. The van der Waals surface area contributed by atoms with Crippen molar-refractivity contribution >= 4 is 11.8 Å². The van der Waals surface area contributed by atoms with E-state index in [1.165, 1.54) is 25.7 Å². The zero-order chi connectivity index (χ0) is 24.3. The van der Waals surface area contributed by atoms with Gasteiger partial charge in [0.25, 0.3) is 0 Å². The topological polar surface area (TPSA) is 82.1 Å². The van der Waals surface area contributed by atoms with Gasteiger partial charge in [0.2, 0.25) is 0 Å². The highest BCUT2D eigenvalue weighted by Gasteiger charge is 2.40. The van der Waals surface area contributed by atoms with Gasteiger partial charge in [-0.2, -0.15) is 0 Å². The highest BCUT2D eigenvalue weighted by Crippen LogP contribution is 2.38. The van der Waals surface area contributed by atoms with Crippen LogP contribution in [0.5, 0.6) is 0 Å². The third kappa shape index (κ3) is 13.3. The first-order valence-corrected chi connectivity index (χ1v) is 13.1. The number of esters is 1. The second-order valence-electron chi connectivity index (χ2n) is 9.48. The summed E-state index contributed by atoms with van der Waals surface area (Å²) in [4.78, 5) is 23.9. The molecule has 1 saturated carbocycles. The van der Waals surface area contributed by atoms with Crippen LogP contribution < -0.4 is 0 Å². The third-order valence-electron chi connectivity index (χ3n) is 6.38. The lowest BCUT2D eigenvalue weighted by molar-refractivity contribution is -0.147. The molecule has 3 atom stereocenters. The molecule has 33 heavy (non-hydrogen) atoms. The SMILES string of the molecule is CCCCCCCOCCOCC[C@@H]1C(CC=CCCCOC(=O)C(C)C)C(=O)C[C@H]1CO. The summed E-state index contributed by atoms with van der Waals surface area (Å²) in [6.07, 6.45) is 13.9. The second kappa shape index (κ2) is 19.1. The molecular formula is C27H48O6. The number of Topliss-reactive ketones (excluding diaryl/α,β-unsaturated/α-hetero) is 1. The van der Waals surface area contributed by atoms with Crippen LogP contribution in [0.3, 0.4) is 0 Å². The Balaban J connectivity index is 2.21. The molecular weight excluding hydrogens is 420 g/mol. The predicted molar refractivity (Wildman–Crippen MR) is 131 cm³/mol. The molecule has 0 amide bonds. The number of aliphatic hydroxyl groups is 1. The van der Waals surface area contributed by atoms with Crippen LogP contribution in [-0.2, 0) is 23.8 Å². The summed E-state index contributed by atoms with van der Waals surface area (Å²) in [7, 11) is 0. The third-order valence-corrected chi connectivity index (χ3v) is 6.38. The molecule has 0 aromatic heterocycles. The monoisotopic (exact) mass is 468 g/mol. The molecule has 0 aliphatic heterocycles. The average Bonchev–Trinajstić information content (AvgIpc) is 3.10. The summed E-state index contributed by atoms with van der Waals surface area (Å²) in [5.74, 6) is 0.154. The molecule has 1 aliphatic rings. The number of hydrogen-bond acceptors (Lipinski definition) is 6. The number of aliphatic hydroxyl groups excluding tert-OH is 1. The second-order valence-corrected chi connectivity index (χ2v) is 9.48. The standard InChI is InChI=1S/C27H48O6/c1-4-5-6-8-11-15-31-18-19-32-17-14-24-23(21-28)20-26(29)25(24)13-10-7-9-12-16-33-27(30)22(2)3/h7,10,22-25,28H,4-6,8-9,11-21H2,1-3H3/t23-,24-,25?/m0/s1. The van der Waals surface area contributed by atoms with Gasteiger partial charge in [-0.15, -0.1) is 0 Å². The molecule has 0 spiro atoms. The lowest BCUT2D eigenvalue weighted by Crippen LogP contribution is -2.21. The van der Waals surface area contributed by atoms with Crippen molar-refractivity contribution in [1.82, 2.24) is 0 Å². The highest BCUT2D eigenvalue weighted by molar-refractivity contribution is 5.84. The molecule has 6 nitrogen and oxygen atoms in total. The molecule has 1 aliphatic carbocycles. The van der Waals surface area contributed by atoms with Crippen LogP contribution >= 0.6 is 0 Å². The average molecular weight is 469 g/mol. The number of carbonyl (C=O) groups is 2. The van der Waals surface area contributed by atoms with E-state index in [0.29, 0.717) is 39.3 Å². The smallest absolute Gasteiger partial charge is 0.308 e. The van der Waals surface area contributed by atoms with Crippen molar-refractivity contribution in [2.75, 3.05) is 39.6 Å². The Morgan fingerprint density at radius 2 is 1.73 bits per heavy atom. The van der Waals surface area contributed by atoms with Gasteiger partial charge < -0.3 is 19.3 Å². The van der Waals surface area contributed by atoms with E-state index in [-0.39, 0.29) is 42.0 Å². The Morgan fingerprint density at radius 1 is 1.00 bits per heavy atom. The van der Waals surface area contributed by atoms with Crippen molar-refractivity contribution in [2.24, 2.45) is 23.7 Å². The van der Waals surface area contributed by atoms with Gasteiger partial charge in [-0.3, -0.25) is 9.59 Å². The van der Waals surface area contributed by atoms with Gasteiger partial charge in [-0.25, -0.2) is 0 Å². The fourth-order valence-corrected chi connectivity index (χ4v) is 4.32. The number of ether oxygens (including phenoxy) is 3. The minimum Gasteiger partial charge on any atom is -0.465 e. The molecule has 192 valence electrons. The van der Waals surface area contributed by atoms with Crippen LogP contribution in [0.1, 0.15) is 85.0 Å². The van der Waals surface area contributed by atoms with Crippen molar-refractivity contribution in [1.29, 1.82) is 0 Å². The van der Waals surface area contributed by atoms with Gasteiger partial charge in [-0.05, 0) is 43.9 Å². The van der Waals surface area contributed by atoms with E-state index in [9.17, 15) is 14.7 Å². The van der Waals surface area contributed by atoms with Crippen LogP contribution in [0.15, 0.2) is 12.2 Å². The van der Waals surface area contributed by atoms with Crippen LogP contribution in [-0.4, -0.2) is 56.5 Å². The molecule has 0 aromatic carbocycles. The summed E-state index contributed by atoms with van der Waals surface area (Å²) in [6.45, 7) is 8.93. The summed E-state index contributed by atoms with van der Waals surface area (Å²) in [6, 6.07) is 0. The number of rotatable bonds is 20. The molecule has 1 unspecified atom stereocenters. The molecule has 0 saturated heterocycles. The maximum atomic E-state index is 12.5. The van der Waals surface area contributed by atoms with Gasteiger partial charge in [0.05, 0.1) is 25.7 Å². The normalized spacial score (nSPS) is 20.9. The van der Waals surface area contributed by atoms with E-state index in [0.717, 1.165) is 32.3 Å². The summed E-state index contributed by atoms with van der Waals surface area (Å²) < 4.78 is 16.5. The largest absolute Gasteiger partial charge is 0.465 e. The lowest BCUT2D eigenvalue weighted by atomic mass is 9.85. The van der Waals surface area contributed by atoms with Crippen molar-refractivity contribution in [3.63, 3.8) is 0 Å². The Kier molecular flexibility index (Phi) is 17.2. The van der Waals surface area contributed by atoms with Gasteiger partial charge in [0.1, 0.15) is 5.78 Å². The summed E-state index contributed by atoms with van der Waals surface area (Å²) in [5.41, 5.74) is 0. The first kappa shape index (κ1) is 29.8. The van der Waals surface area contributed by atoms with Crippen molar-refractivity contribution in [3.8, 4) is 0 Å². The Labute approximate surface area is 201 Å². The fourth-order valence-electron chi connectivity index (χ4n) is 4.32. The molecule has 1 rings (SSSR count). The van der Waals surface area contributed by atoms with E-state index in [1.54, 1.807) is 0 Å². The quantitative estimate of drug-likeness (QED) is 0.152. The van der Waals surface area contributed by atoms with E-state index in [2.05, 4.69) is 19.1 Å². The molecule has 6 heteroatoms. The van der Waals surface area contributed by atoms with Gasteiger partial charge in [0.15, 0.2) is 0 Å². The minimum atomic E-state index is -0.162. The van der Waals surface area contributed by atoms with Gasteiger partial charge >= 0.3 is 5.97 Å². The maximum Gasteiger partial charge on any atom is 0.308 e. The molecule has 0 aromatic rings. The maximum absolute atomic E-state index is 12.5. The van der Waals surface area contributed by atoms with E-state index in [1.807, 2.05) is 13.8 Å². The molecule has 1 N–H and O–H groups in total. The summed E-state index contributed by atoms with van der Waals surface area (Å²) in [5, 5.41) is 9.73.